The van der Waals surface area contributed by atoms with Crippen LogP contribution in [-0.2, 0) is 20.8 Å². The molecule has 2 aromatic carbocycles. The summed E-state index contributed by atoms with van der Waals surface area (Å²) in [5, 5.41) is 17.8. The average molecular weight is 484 g/mol. The Hall–Kier alpha value is -3.33. The smallest absolute Gasteiger partial charge is 0.326 e. The van der Waals surface area contributed by atoms with Crippen LogP contribution in [0.3, 0.4) is 0 Å². The van der Waals surface area contributed by atoms with Crippen LogP contribution in [0.1, 0.15) is 35.2 Å². The first-order valence-corrected chi connectivity index (χ1v) is 12.5. The van der Waals surface area contributed by atoms with E-state index in [2.05, 4.69) is 16.0 Å². The second-order valence-electron chi connectivity index (χ2n) is 8.18. The highest BCUT2D eigenvalue weighted by atomic mass is 32.2. The van der Waals surface area contributed by atoms with E-state index >= 15 is 0 Å². The lowest BCUT2D eigenvalue weighted by atomic mass is 9.95. The molecule has 1 fully saturated rings. The molecule has 1 aliphatic heterocycles. The van der Waals surface area contributed by atoms with Gasteiger partial charge in [0.15, 0.2) is 0 Å². The Balaban J connectivity index is 1.76. The summed E-state index contributed by atoms with van der Waals surface area (Å²) in [6.07, 6.45) is 3.50. The largest absolute Gasteiger partial charge is 0.480 e. The van der Waals surface area contributed by atoms with Gasteiger partial charge >= 0.3 is 5.97 Å². The summed E-state index contributed by atoms with van der Waals surface area (Å²) in [6, 6.07) is 13.4. The molecule has 0 bridgehead atoms. The van der Waals surface area contributed by atoms with Gasteiger partial charge in [-0.2, -0.15) is 11.8 Å². The third-order valence-corrected chi connectivity index (χ3v) is 6.27. The molecule has 0 spiro atoms. The lowest BCUT2D eigenvalue weighted by Crippen LogP contribution is -2.41. The predicted octanol–water partition coefficient (Wildman–Crippen LogP) is 2.23. The molecule has 2 atom stereocenters. The van der Waals surface area contributed by atoms with Crippen LogP contribution in [0.5, 0.6) is 0 Å². The number of nitrogens with one attached hydrogen (secondary N) is 3. The maximum Gasteiger partial charge on any atom is 0.326 e. The number of hydrogen-bond donors (Lipinski definition) is 4. The highest BCUT2D eigenvalue weighted by Crippen LogP contribution is 2.26. The first-order valence-electron chi connectivity index (χ1n) is 11.1. The molecule has 0 aliphatic carbocycles. The highest BCUT2D eigenvalue weighted by Gasteiger charge is 2.23. The number of carbonyl (C=O) groups is 4. The maximum atomic E-state index is 13.0. The van der Waals surface area contributed by atoms with E-state index in [0.29, 0.717) is 42.7 Å². The van der Waals surface area contributed by atoms with E-state index in [1.165, 1.54) is 11.8 Å². The van der Waals surface area contributed by atoms with Gasteiger partial charge in [-0.25, -0.2) is 4.79 Å². The first kappa shape index (κ1) is 25.3. The Labute approximate surface area is 202 Å². The number of carboxylic acids is 1. The summed E-state index contributed by atoms with van der Waals surface area (Å²) in [7, 11) is 0. The fourth-order valence-electron chi connectivity index (χ4n) is 3.80. The third-order valence-electron chi connectivity index (χ3n) is 5.62. The zero-order valence-corrected chi connectivity index (χ0v) is 19.8. The molecular formula is C25H29N3O5S. The van der Waals surface area contributed by atoms with E-state index in [9.17, 15) is 24.3 Å². The maximum absolute atomic E-state index is 13.0. The van der Waals surface area contributed by atoms with Crippen LogP contribution in [0, 0.1) is 0 Å². The molecule has 4 N–H and O–H groups in total. The van der Waals surface area contributed by atoms with Crippen LogP contribution in [0.4, 0.5) is 0 Å². The monoisotopic (exact) mass is 483 g/mol. The number of thioether (sulfide) groups is 1. The minimum absolute atomic E-state index is 0.000738. The van der Waals surface area contributed by atoms with Crippen LogP contribution in [0.2, 0.25) is 0 Å². The van der Waals surface area contributed by atoms with Crippen molar-refractivity contribution in [1.82, 2.24) is 16.0 Å². The minimum atomic E-state index is -1.07. The summed E-state index contributed by atoms with van der Waals surface area (Å²) >= 11 is 1.52. The quantitative estimate of drug-likeness (QED) is 0.389. The van der Waals surface area contributed by atoms with Gasteiger partial charge in [-0.3, -0.25) is 14.4 Å². The van der Waals surface area contributed by atoms with Crippen molar-refractivity contribution in [3.05, 3.63) is 59.7 Å². The Morgan fingerprint density at radius 3 is 2.59 bits per heavy atom. The molecule has 0 aromatic heterocycles. The van der Waals surface area contributed by atoms with E-state index in [1.807, 2.05) is 36.6 Å². The molecule has 9 heteroatoms. The summed E-state index contributed by atoms with van der Waals surface area (Å²) in [4.78, 5) is 48.4. The molecule has 3 amide bonds. The minimum Gasteiger partial charge on any atom is -0.480 e. The van der Waals surface area contributed by atoms with Gasteiger partial charge in [0, 0.05) is 24.6 Å². The zero-order chi connectivity index (χ0) is 24.5. The number of hydrogen-bond acceptors (Lipinski definition) is 5. The first-order chi connectivity index (χ1) is 16.4. The van der Waals surface area contributed by atoms with Gasteiger partial charge in [0.1, 0.15) is 6.04 Å². The molecule has 0 saturated carbocycles. The van der Waals surface area contributed by atoms with Crippen LogP contribution in [0.15, 0.2) is 48.5 Å². The Morgan fingerprint density at radius 1 is 1.18 bits per heavy atom. The van der Waals surface area contributed by atoms with E-state index in [4.69, 9.17) is 0 Å². The molecule has 0 radical (unpaired) electrons. The summed E-state index contributed by atoms with van der Waals surface area (Å²) in [6.45, 7) is 0.378. The summed E-state index contributed by atoms with van der Waals surface area (Å²) < 4.78 is 0. The van der Waals surface area contributed by atoms with Gasteiger partial charge in [-0.05, 0) is 53.7 Å². The number of carboxylic acid groups (broad SMARTS) is 1. The molecule has 34 heavy (non-hydrogen) atoms. The fourth-order valence-corrected chi connectivity index (χ4v) is 4.27. The van der Waals surface area contributed by atoms with E-state index < -0.39 is 17.9 Å². The summed E-state index contributed by atoms with van der Waals surface area (Å²) in [5.74, 6) is -1.11. The number of carbonyl (C=O) groups excluding carboxylic acids is 3. The van der Waals surface area contributed by atoms with Crippen molar-refractivity contribution in [1.29, 1.82) is 0 Å². The van der Waals surface area contributed by atoms with Gasteiger partial charge in [0.25, 0.3) is 5.91 Å². The van der Waals surface area contributed by atoms with Crippen LogP contribution in [0.25, 0.3) is 11.1 Å². The highest BCUT2D eigenvalue weighted by molar-refractivity contribution is 7.98. The van der Waals surface area contributed by atoms with Crippen molar-refractivity contribution in [2.45, 2.75) is 37.8 Å². The number of amides is 3. The van der Waals surface area contributed by atoms with Crippen LogP contribution >= 0.6 is 11.8 Å². The summed E-state index contributed by atoms with van der Waals surface area (Å²) in [5.41, 5.74) is 2.49. The average Bonchev–Trinajstić information content (AvgIpc) is 3.25. The molecule has 180 valence electrons. The molecule has 0 unspecified atom stereocenters. The number of rotatable bonds is 11. The Morgan fingerprint density at radius 2 is 1.94 bits per heavy atom. The van der Waals surface area contributed by atoms with Crippen molar-refractivity contribution in [3.63, 3.8) is 0 Å². The Bertz CT molecular complexity index is 1040. The molecule has 1 heterocycles. The van der Waals surface area contributed by atoms with E-state index in [-0.39, 0.29) is 24.3 Å². The molecule has 8 nitrogen and oxygen atoms in total. The molecule has 1 saturated heterocycles. The zero-order valence-electron chi connectivity index (χ0n) is 19.0. The van der Waals surface area contributed by atoms with Gasteiger partial charge in [0.05, 0.1) is 6.42 Å². The third kappa shape index (κ3) is 7.08. The van der Waals surface area contributed by atoms with Crippen LogP contribution in [-0.4, -0.2) is 59.4 Å². The standard InChI is InChI=1S/C25H29N3O5S/c1-34-12-11-21(25(32)33)28-24(31)19-9-7-16(13-20(19)17-5-3-2-4-6-17)14-23(30)26-15-18-8-10-22(29)27-18/h2-7,9,13,18,21H,8,10-12,14-15H2,1H3,(H,26,30)(H,27,29)(H,28,31)(H,32,33)/t18-,21-/m0/s1. The van der Waals surface area contributed by atoms with Gasteiger partial charge in [-0.1, -0.05) is 36.4 Å². The normalized spacial score (nSPS) is 15.9. The fraction of sp³-hybridized carbons (Fsp3) is 0.360. The van der Waals surface area contributed by atoms with E-state index in [1.54, 1.807) is 18.2 Å². The lowest BCUT2D eigenvalue weighted by Gasteiger charge is -2.17. The van der Waals surface area contributed by atoms with Gasteiger partial charge < -0.3 is 21.1 Å². The topological polar surface area (TPSA) is 125 Å². The Kier molecular flexibility index (Phi) is 9.09. The molecule has 1 aliphatic rings. The number of aliphatic carboxylic acids is 1. The van der Waals surface area contributed by atoms with Crippen LogP contribution < -0.4 is 16.0 Å². The molecule has 2 aromatic rings. The second kappa shape index (κ2) is 12.2. The van der Waals surface area contributed by atoms with Crippen molar-refractivity contribution >= 4 is 35.5 Å². The van der Waals surface area contributed by atoms with Gasteiger partial charge in [0.2, 0.25) is 11.8 Å². The second-order valence-corrected chi connectivity index (χ2v) is 9.16. The molecule has 3 rings (SSSR count). The van der Waals surface area contributed by atoms with Crippen molar-refractivity contribution < 1.29 is 24.3 Å². The number of benzene rings is 2. The van der Waals surface area contributed by atoms with Crippen molar-refractivity contribution in [2.24, 2.45) is 0 Å². The SMILES string of the molecule is CSCC[C@H](NC(=O)c1ccc(CC(=O)NC[C@@H]2CCC(=O)N2)cc1-c1ccccc1)C(=O)O. The molecular weight excluding hydrogens is 454 g/mol. The predicted molar refractivity (Wildman–Crippen MR) is 132 cm³/mol. The lowest BCUT2D eigenvalue weighted by molar-refractivity contribution is -0.139. The van der Waals surface area contributed by atoms with Gasteiger partial charge in [-0.15, -0.1) is 0 Å². The van der Waals surface area contributed by atoms with Crippen molar-refractivity contribution in [2.75, 3.05) is 18.6 Å². The van der Waals surface area contributed by atoms with Crippen molar-refractivity contribution in [3.8, 4) is 11.1 Å². The van der Waals surface area contributed by atoms with E-state index in [0.717, 1.165) is 11.1 Å².